The minimum atomic E-state index is -0.401. The van der Waals surface area contributed by atoms with Gasteiger partial charge in [-0.05, 0) is 42.3 Å². The van der Waals surface area contributed by atoms with Gasteiger partial charge in [0.1, 0.15) is 11.6 Å². The molecule has 0 atom stereocenters. The number of nitrogens with one attached hydrogen (secondary N) is 1. The maximum Gasteiger partial charge on any atom is 0.266 e. The van der Waals surface area contributed by atoms with Gasteiger partial charge in [-0.25, -0.2) is 0 Å². The van der Waals surface area contributed by atoms with Gasteiger partial charge < -0.3 is 4.98 Å². The van der Waals surface area contributed by atoms with E-state index in [-0.39, 0.29) is 5.56 Å². The zero-order chi connectivity index (χ0) is 16.4. The van der Waals surface area contributed by atoms with Crippen molar-refractivity contribution in [2.45, 2.75) is 6.92 Å². The van der Waals surface area contributed by atoms with Gasteiger partial charge in [0, 0.05) is 16.3 Å². The second kappa shape index (κ2) is 6.12. The first-order valence-corrected chi connectivity index (χ1v) is 7.46. The number of hydrogen-bond acceptors (Lipinski definition) is 2. The number of pyridine rings is 1. The minimum absolute atomic E-state index is 0.0867. The van der Waals surface area contributed by atoms with E-state index in [1.165, 1.54) is 0 Å². The molecule has 0 unspecified atom stereocenters. The Morgan fingerprint density at radius 2 is 1.78 bits per heavy atom. The molecule has 0 saturated heterocycles. The molecule has 0 fully saturated rings. The van der Waals surface area contributed by atoms with Crippen LogP contribution in [0.25, 0.3) is 22.4 Å². The highest BCUT2D eigenvalue weighted by atomic mass is 35.5. The second-order valence-corrected chi connectivity index (χ2v) is 5.73. The predicted molar refractivity (Wildman–Crippen MR) is 92.4 cm³/mol. The Bertz CT molecular complexity index is 983. The average molecular weight is 321 g/mol. The summed E-state index contributed by atoms with van der Waals surface area (Å²) in [6, 6.07) is 18.8. The van der Waals surface area contributed by atoms with Crippen LogP contribution in [0.3, 0.4) is 0 Å². The van der Waals surface area contributed by atoms with Crippen LogP contribution in [0.15, 0.2) is 59.4 Å². The summed E-state index contributed by atoms with van der Waals surface area (Å²) >= 11 is 6.04. The smallest absolute Gasteiger partial charge is 0.266 e. The Morgan fingerprint density at radius 1 is 1.04 bits per heavy atom. The number of nitrogens with zero attached hydrogens (tertiary/aromatic N) is 1. The molecule has 3 aromatic rings. The predicted octanol–water partition coefficient (Wildman–Crippen LogP) is 4.54. The number of hydrogen-bond donors (Lipinski definition) is 1. The highest BCUT2D eigenvalue weighted by molar-refractivity contribution is 6.30. The molecule has 1 aromatic heterocycles. The van der Waals surface area contributed by atoms with E-state index in [2.05, 4.69) is 4.98 Å². The molecule has 4 heteroatoms. The zero-order valence-electron chi connectivity index (χ0n) is 12.4. The Morgan fingerprint density at radius 3 is 2.48 bits per heavy atom. The largest absolute Gasteiger partial charge is 0.321 e. The monoisotopic (exact) mass is 320 g/mol. The Labute approximate surface area is 138 Å². The van der Waals surface area contributed by atoms with Crippen LogP contribution >= 0.6 is 11.6 Å². The maximum absolute atomic E-state index is 12.3. The van der Waals surface area contributed by atoms with E-state index in [1.807, 2.05) is 49.4 Å². The molecule has 0 radical (unpaired) electrons. The topological polar surface area (TPSA) is 56.6 Å². The SMILES string of the molecule is Cc1cccc(-c2cc(-c3cccc(Cl)c3)c(C#N)c(=O)[nH]2)c1. The number of aryl methyl sites for hydroxylation is 1. The molecule has 3 nitrogen and oxygen atoms in total. The van der Waals surface area contributed by atoms with E-state index in [4.69, 9.17) is 11.6 Å². The third-order valence-electron chi connectivity index (χ3n) is 3.61. The summed E-state index contributed by atoms with van der Waals surface area (Å²) < 4.78 is 0. The third kappa shape index (κ3) is 3.03. The molecular weight excluding hydrogens is 308 g/mol. The van der Waals surface area contributed by atoms with Gasteiger partial charge in [0.25, 0.3) is 5.56 Å². The van der Waals surface area contributed by atoms with Crippen LogP contribution in [0, 0.1) is 18.3 Å². The van der Waals surface area contributed by atoms with E-state index < -0.39 is 5.56 Å². The van der Waals surface area contributed by atoms with Gasteiger partial charge in [-0.3, -0.25) is 4.79 Å². The van der Waals surface area contributed by atoms with Crippen molar-refractivity contribution < 1.29 is 0 Å². The highest BCUT2D eigenvalue weighted by Crippen LogP contribution is 2.28. The summed E-state index contributed by atoms with van der Waals surface area (Å²) in [6.07, 6.45) is 0. The molecule has 0 amide bonds. The number of nitriles is 1. The number of halogens is 1. The van der Waals surface area contributed by atoms with Gasteiger partial charge in [-0.1, -0.05) is 47.5 Å². The van der Waals surface area contributed by atoms with E-state index >= 15 is 0 Å². The third-order valence-corrected chi connectivity index (χ3v) is 3.84. The van der Waals surface area contributed by atoms with Gasteiger partial charge in [-0.2, -0.15) is 5.26 Å². The van der Waals surface area contributed by atoms with Gasteiger partial charge in [0.05, 0.1) is 0 Å². The number of aromatic nitrogens is 1. The number of aromatic amines is 1. The molecule has 0 aliphatic carbocycles. The Hall–Kier alpha value is -2.83. The van der Waals surface area contributed by atoms with Crippen molar-refractivity contribution in [1.82, 2.24) is 4.98 Å². The van der Waals surface area contributed by atoms with Crippen molar-refractivity contribution in [1.29, 1.82) is 5.26 Å². The van der Waals surface area contributed by atoms with Crippen LogP contribution < -0.4 is 5.56 Å². The first-order valence-electron chi connectivity index (χ1n) is 7.09. The molecule has 112 valence electrons. The fraction of sp³-hybridized carbons (Fsp3) is 0.0526. The number of H-pyrrole nitrogens is 1. The molecule has 0 saturated carbocycles. The molecule has 0 spiro atoms. The van der Waals surface area contributed by atoms with Crippen molar-refractivity contribution in [3.63, 3.8) is 0 Å². The van der Waals surface area contributed by atoms with Crippen LogP contribution in [0.5, 0.6) is 0 Å². The Balaban J connectivity index is 2.27. The molecule has 0 aliphatic rings. The zero-order valence-corrected chi connectivity index (χ0v) is 13.2. The summed E-state index contributed by atoms with van der Waals surface area (Å²) in [5.41, 5.74) is 3.68. The van der Waals surface area contributed by atoms with Crippen molar-refractivity contribution >= 4 is 11.6 Å². The van der Waals surface area contributed by atoms with E-state index in [0.717, 1.165) is 16.7 Å². The normalized spacial score (nSPS) is 10.3. The van der Waals surface area contributed by atoms with Crippen LogP contribution in [0.1, 0.15) is 11.1 Å². The summed E-state index contributed by atoms with van der Waals surface area (Å²) in [5.74, 6) is 0. The lowest BCUT2D eigenvalue weighted by atomic mass is 9.98. The van der Waals surface area contributed by atoms with Crippen molar-refractivity contribution in [3.05, 3.63) is 81.1 Å². The van der Waals surface area contributed by atoms with Gasteiger partial charge in [-0.15, -0.1) is 0 Å². The lowest BCUT2D eigenvalue weighted by Gasteiger charge is -2.09. The summed E-state index contributed by atoms with van der Waals surface area (Å²) in [5, 5.41) is 9.89. The van der Waals surface area contributed by atoms with E-state index in [9.17, 15) is 10.1 Å². The Kier molecular flexibility index (Phi) is 4.01. The van der Waals surface area contributed by atoms with E-state index in [1.54, 1.807) is 18.2 Å². The second-order valence-electron chi connectivity index (χ2n) is 5.29. The fourth-order valence-corrected chi connectivity index (χ4v) is 2.71. The standard InChI is InChI=1S/C19H13ClN2O/c1-12-4-2-6-14(8-12)18-10-16(17(11-21)19(23)22-18)13-5-3-7-15(20)9-13/h2-10H,1H3,(H,22,23). The van der Waals surface area contributed by atoms with Gasteiger partial charge in [0.2, 0.25) is 0 Å². The summed E-state index contributed by atoms with van der Waals surface area (Å²) in [4.78, 5) is 15.1. The highest BCUT2D eigenvalue weighted by Gasteiger charge is 2.12. The minimum Gasteiger partial charge on any atom is -0.321 e. The first kappa shape index (κ1) is 15.1. The lowest BCUT2D eigenvalue weighted by molar-refractivity contribution is 1.22. The molecular formula is C19H13ClN2O. The molecule has 23 heavy (non-hydrogen) atoms. The van der Waals surface area contributed by atoms with E-state index in [0.29, 0.717) is 16.3 Å². The molecule has 0 aliphatic heterocycles. The number of rotatable bonds is 2. The number of benzene rings is 2. The summed E-state index contributed by atoms with van der Waals surface area (Å²) in [7, 11) is 0. The molecule has 1 N–H and O–H groups in total. The maximum atomic E-state index is 12.3. The fourth-order valence-electron chi connectivity index (χ4n) is 2.52. The van der Waals surface area contributed by atoms with Crippen LogP contribution in [0.2, 0.25) is 5.02 Å². The molecule has 3 rings (SSSR count). The van der Waals surface area contributed by atoms with Crippen molar-refractivity contribution in [2.24, 2.45) is 0 Å². The first-order chi connectivity index (χ1) is 11.1. The van der Waals surface area contributed by atoms with Crippen LogP contribution in [-0.4, -0.2) is 4.98 Å². The van der Waals surface area contributed by atoms with Gasteiger partial charge in [0.15, 0.2) is 0 Å². The lowest BCUT2D eigenvalue weighted by Crippen LogP contribution is -2.12. The molecule has 1 heterocycles. The summed E-state index contributed by atoms with van der Waals surface area (Å²) in [6.45, 7) is 1.99. The van der Waals surface area contributed by atoms with Gasteiger partial charge >= 0.3 is 0 Å². The van der Waals surface area contributed by atoms with Crippen molar-refractivity contribution in [2.75, 3.05) is 0 Å². The molecule has 0 bridgehead atoms. The van der Waals surface area contributed by atoms with Crippen LogP contribution in [-0.2, 0) is 0 Å². The van der Waals surface area contributed by atoms with Crippen molar-refractivity contribution in [3.8, 4) is 28.5 Å². The average Bonchev–Trinajstić information content (AvgIpc) is 2.54. The van der Waals surface area contributed by atoms with Crippen LogP contribution in [0.4, 0.5) is 0 Å². The molecule has 2 aromatic carbocycles. The quantitative estimate of drug-likeness (QED) is 0.753.